The zero-order valence-electron chi connectivity index (χ0n) is 50.1. The molecule has 1 heterocycles. The molecule has 23 rings (SSSR count). The second kappa shape index (κ2) is 17.6. The van der Waals surface area contributed by atoms with Crippen molar-refractivity contribution in [2.45, 2.75) is 0 Å². The van der Waals surface area contributed by atoms with Gasteiger partial charge in [-0.05, 0) is 250 Å². The molecule has 0 saturated heterocycles. The van der Waals surface area contributed by atoms with Gasteiger partial charge in [0.05, 0.1) is 0 Å². The summed E-state index contributed by atoms with van der Waals surface area (Å²) in [4.78, 5) is 0. The van der Waals surface area contributed by atoms with E-state index in [2.05, 4.69) is 291 Å². The molecular weight excluding hydrogens is 1140 g/mol. The summed E-state index contributed by atoms with van der Waals surface area (Å²) >= 11 is 1.92. The molecule has 0 atom stereocenters. The van der Waals surface area contributed by atoms with Gasteiger partial charge >= 0.3 is 0 Å². The van der Waals surface area contributed by atoms with E-state index < -0.39 is 0 Å². The highest BCUT2D eigenvalue weighted by Gasteiger charge is 2.31. The van der Waals surface area contributed by atoms with Gasteiger partial charge < -0.3 is 0 Å². The van der Waals surface area contributed by atoms with Crippen LogP contribution in [-0.4, -0.2) is 0 Å². The van der Waals surface area contributed by atoms with E-state index in [9.17, 15) is 0 Å². The van der Waals surface area contributed by atoms with Gasteiger partial charge in [-0.25, -0.2) is 0 Å². The first-order valence-electron chi connectivity index (χ1n) is 32.5. The summed E-state index contributed by atoms with van der Waals surface area (Å²) in [5.74, 6) is 0. The zero-order chi connectivity index (χ0) is 60.1. The molecule has 20 aromatic rings. The Labute approximate surface area is 538 Å². The van der Waals surface area contributed by atoms with E-state index >= 15 is 0 Å². The van der Waals surface area contributed by atoms with Crippen LogP contribution in [0.2, 0.25) is 0 Å². The zero-order valence-corrected chi connectivity index (χ0v) is 50.9. The third kappa shape index (κ3) is 6.30. The van der Waals surface area contributed by atoms with Crippen molar-refractivity contribution in [3.63, 3.8) is 0 Å². The largest absolute Gasteiger partial charge is 0.135 e. The standard InChI is InChI=1S/C92H48S/c1-3-18-59-57(16-1)65-22-9-21-64-56(38-40-71(59)89(64)65)54-33-44-82-80(45-54)81-47-78(63-39-41-72-60-19-4-2-17-58(60)66-23-10-24-67(63)90(66)72)79(48-83(81)93-82)77-46-55-32-35-62(70-37-31-52-15-6-20-68(77)87(52)88(55)70)74-43-42-73(91-75-25-7-13-49-14-8-26-76(85(49)75)92(74)91)61-34-29-53-28-27-50-11-5-12-51-30-36-69(61)86(53)84(50)51/h1-48H. The number of hydrogen-bond acceptors (Lipinski definition) is 1. The maximum absolute atomic E-state index is 2.56. The normalized spacial score (nSPS) is 12.7. The topological polar surface area (TPSA) is 0 Å². The Morgan fingerprint density at radius 1 is 0.151 bits per heavy atom. The van der Waals surface area contributed by atoms with E-state index in [0.29, 0.717) is 0 Å². The molecule has 422 valence electrons. The maximum Gasteiger partial charge on any atom is 0.0362 e. The molecule has 0 bridgehead atoms. The molecule has 93 heavy (non-hydrogen) atoms. The molecule has 1 heteroatoms. The summed E-state index contributed by atoms with van der Waals surface area (Å²) in [5, 5.41) is 26.0. The molecule has 0 N–H and O–H groups in total. The molecular formula is C92H48S. The first kappa shape index (κ1) is 49.1. The van der Waals surface area contributed by atoms with Crippen LogP contribution in [0, 0.1) is 0 Å². The quantitative estimate of drug-likeness (QED) is 0.151. The van der Waals surface area contributed by atoms with E-state index in [1.165, 1.54) is 240 Å². The maximum atomic E-state index is 2.56. The number of hydrogen-bond donors (Lipinski definition) is 0. The van der Waals surface area contributed by atoms with Crippen molar-refractivity contribution in [3.8, 4) is 122 Å². The second-order valence-corrected chi connectivity index (χ2v) is 27.4. The lowest BCUT2D eigenvalue weighted by atomic mass is 9.81. The smallest absolute Gasteiger partial charge is 0.0362 e. The first-order valence-corrected chi connectivity index (χ1v) is 33.3. The third-order valence-corrected chi connectivity index (χ3v) is 23.1. The highest BCUT2D eigenvalue weighted by atomic mass is 32.1. The van der Waals surface area contributed by atoms with Crippen LogP contribution in [0.25, 0.3) is 240 Å². The van der Waals surface area contributed by atoms with Crippen molar-refractivity contribution >= 4 is 128 Å². The predicted molar refractivity (Wildman–Crippen MR) is 400 cm³/mol. The molecule has 19 aromatic carbocycles. The van der Waals surface area contributed by atoms with Crippen LogP contribution in [0.5, 0.6) is 0 Å². The summed E-state index contributed by atoms with van der Waals surface area (Å²) in [6.45, 7) is 0. The van der Waals surface area contributed by atoms with Crippen LogP contribution < -0.4 is 0 Å². The first-order chi connectivity index (χ1) is 46.1. The molecule has 0 fully saturated rings. The van der Waals surface area contributed by atoms with E-state index in [4.69, 9.17) is 0 Å². The minimum atomic E-state index is 1.24. The number of benzene rings is 19. The Morgan fingerprint density at radius 2 is 0.527 bits per heavy atom. The van der Waals surface area contributed by atoms with Gasteiger partial charge in [0.2, 0.25) is 0 Å². The average Bonchev–Trinajstić information content (AvgIpc) is 1.71. The van der Waals surface area contributed by atoms with Crippen molar-refractivity contribution in [1.82, 2.24) is 0 Å². The van der Waals surface area contributed by atoms with Gasteiger partial charge in [0.25, 0.3) is 0 Å². The van der Waals surface area contributed by atoms with Gasteiger partial charge in [-0.1, -0.05) is 261 Å². The molecule has 0 nitrogen and oxygen atoms in total. The van der Waals surface area contributed by atoms with Crippen molar-refractivity contribution in [2.75, 3.05) is 0 Å². The molecule has 0 saturated carbocycles. The summed E-state index contributed by atoms with van der Waals surface area (Å²) in [7, 11) is 0. The number of thiophene rings is 1. The molecule has 3 aliphatic rings. The average molecular weight is 1190 g/mol. The van der Waals surface area contributed by atoms with Crippen molar-refractivity contribution in [3.05, 3.63) is 291 Å². The lowest BCUT2D eigenvalue weighted by Gasteiger charge is -2.21. The Bertz CT molecular complexity index is 6770. The Hall–Kier alpha value is -11.7. The summed E-state index contributed by atoms with van der Waals surface area (Å²) < 4.78 is 2.58. The summed E-state index contributed by atoms with van der Waals surface area (Å²) in [6.07, 6.45) is 0. The van der Waals surface area contributed by atoms with E-state index in [1.807, 2.05) is 11.3 Å². The van der Waals surface area contributed by atoms with Crippen molar-refractivity contribution in [2.24, 2.45) is 0 Å². The molecule has 0 unspecified atom stereocenters. The fourth-order valence-corrected chi connectivity index (χ4v) is 19.3. The Kier molecular flexibility index (Phi) is 9.29. The fraction of sp³-hybridized carbons (Fsp3) is 0. The lowest BCUT2D eigenvalue weighted by Crippen LogP contribution is -1.94. The fourth-order valence-electron chi connectivity index (χ4n) is 18.2. The monoisotopic (exact) mass is 1180 g/mol. The van der Waals surface area contributed by atoms with E-state index in [1.54, 1.807) is 0 Å². The highest BCUT2D eigenvalue weighted by Crippen LogP contribution is 2.59. The summed E-state index contributed by atoms with van der Waals surface area (Å²) in [6, 6.07) is 112. The van der Waals surface area contributed by atoms with E-state index in [-0.39, 0.29) is 0 Å². The molecule has 3 aliphatic carbocycles. The molecule has 0 amide bonds. The number of fused-ring (bicyclic) bond motifs is 12. The SMILES string of the molecule is c1ccc2c(c1)-c1cccc3c(-c4ccc5sc6cc(-c7cc8ccc(-c9ccc(-c%10ccc%11ccc%12cccc%13ccc%10c%11c%12%13)c%10c9-c9cccc%11cccc-%10c9%11)c9ccc%10cccc7c%10c89)c(-c7ccc8c9c(cccc79)-c7ccccc7-8)cc6c5c4)ccc-2c13. The van der Waals surface area contributed by atoms with Crippen molar-refractivity contribution in [1.29, 1.82) is 0 Å². The molecule has 0 aliphatic heterocycles. The van der Waals surface area contributed by atoms with Crippen LogP contribution in [0.15, 0.2) is 291 Å². The Balaban J connectivity index is 0.753. The Morgan fingerprint density at radius 3 is 1.16 bits per heavy atom. The van der Waals surface area contributed by atoms with Crippen LogP contribution in [0.4, 0.5) is 0 Å². The molecule has 0 radical (unpaired) electrons. The van der Waals surface area contributed by atoms with Gasteiger partial charge in [0.15, 0.2) is 0 Å². The lowest BCUT2D eigenvalue weighted by molar-refractivity contribution is 1.63. The minimum absolute atomic E-state index is 1.24. The van der Waals surface area contributed by atoms with E-state index in [0.717, 1.165) is 0 Å². The van der Waals surface area contributed by atoms with Crippen LogP contribution in [0.1, 0.15) is 0 Å². The van der Waals surface area contributed by atoms with Crippen LogP contribution in [0.3, 0.4) is 0 Å². The van der Waals surface area contributed by atoms with Gasteiger partial charge in [-0.3, -0.25) is 0 Å². The highest BCUT2D eigenvalue weighted by molar-refractivity contribution is 7.25. The predicted octanol–water partition coefficient (Wildman–Crippen LogP) is 26.6. The van der Waals surface area contributed by atoms with Gasteiger partial charge in [0, 0.05) is 20.2 Å². The van der Waals surface area contributed by atoms with Crippen LogP contribution >= 0.6 is 11.3 Å². The summed E-state index contributed by atoms with van der Waals surface area (Å²) in [5.41, 5.74) is 28.4. The minimum Gasteiger partial charge on any atom is -0.135 e. The third-order valence-electron chi connectivity index (χ3n) is 22.0. The van der Waals surface area contributed by atoms with Gasteiger partial charge in [-0.15, -0.1) is 11.3 Å². The second-order valence-electron chi connectivity index (χ2n) is 26.3. The van der Waals surface area contributed by atoms with Crippen LogP contribution in [-0.2, 0) is 0 Å². The molecule has 1 aromatic heterocycles. The van der Waals surface area contributed by atoms with Gasteiger partial charge in [-0.2, -0.15) is 0 Å². The molecule has 0 spiro atoms. The van der Waals surface area contributed by atoms with Gasteiger partial charge in [0.1, 0.15) is 0 Å². The number of rotatable bonds is 5. The van der Waals surface area contributed by atoms with Crippen molar-refractivity contribution < 1.29 is 0 Å².